The molecule has 8 nitrogen and oxygen atoms in total. The second-order valence-corrected chi connectivity index (χ2v) is 8.53. The largest absolute Gasteiger partial charge is 0.447 e. The highest BCUT2D eigenvalue weighted by Crippen LogP contribution is 2.31. The molecule has 1 fully saturated rings. The number of nitrogens with one attached hydrogen (secondary N) is 1. The maximum absolute atomic E-state index is 13.6. The van der Waals surface area contributed by atoms with Crippen LogP contribution in [-0.4, -0.2) is 39.9 Å². The molecule has 0 saturated carbocycles. The van der Waals surface area contributed by atoms with Gasteiger partial charge in [0.05, 0.1) is 40.8 Å². The van der Waals surface area contributed by atoms with Crippen molar-refractivity contribution < 1.29 is 14.3 Å². The minimum Gasteiger partial charge on any atom is -0.447 e. The van der Waals surface area contributed by atoms with Crippen LogP contribution in [0.4, 0.5) is 16.2 Å². The van der Waals surface area contributed by atoms with Crippen LogP contribution in [0.3, 0.4) is 0 Å². The summed E-state index contributed by atoms with van der Waals surface area (Å²) in [5.74, 6) is -0.300. The van der Waals surface area contributed by atoms with Crippen LogP contribution in [0, 0.1) is 6.92 Å². The molecule has 0 bridgehead atoms. The fourth-order valence-electron chi connectivity index (χ4n) is 4.20. The van der Waals surface area contributed by atoms with Crippen molar-refractivity contribution in [3.05, 3.63) is 71.9 Å². The Hall–Kier alpha value is -4.20. The van der Waals surface area contributed by atoms with Crippen molar-refractivity contribution in [2.24, 2.45) is 0 Å². The van der Waals surface area contributed by atoms with E-state index in [4.69, 9.17) is 9.72 Å². The maximum atomic E-state index is 13.6. The Labute approximate surface area is 197 Å². The molecule has 1 aliphatic heterocycles. The maximum Gasteiger partial charge on any atom is 0.414 e. The van der Waals surface area contributed by atoms with Crippen LogP contribution in [0.25, 0.3) is 22.3 Å². The van der Waals surface area contributed by atoms with Crippen molar-refractivity contribution in [1.29, 1.82) is 0 Å². The van der Waals surface area contributed by atoms with E-state index in [1.54, 1.807) is 24.4 Å². The Morgan fingerprint density at radius 1 is 1.12 bits per heavy atom. The highest BCUT2D eigenvalue weighted by atomic mass is 16.6. The van der Waals surface area contributed by atoms with Gasteiger partial charge in [-0.3, -0.25) is 9.69 Å². The fraction of sp³-hybridized carbons (Fsp3) is 0.231. The Bertz CT molecular complexity index is 1410. The van der Waals surface area contributed by atoms with Gasteiger partial charge in [-0.15, -0.1) is 0 Å². The molecule has 34 heavy (non-hydrogen) atoms. The number of fused-ring (bicyclic) bond motifs is 1. The number of anilines is 2. The predicted octanol–water partition coefficient (Wildman–Crippen LogP) is 5.20. The normalized spacial score (nSPS) is 13.5. The number of cyclic esters (lactones) is 1. The number of para-hydroxylation sites is 2. The summed E-state index contributed by atoms with van der Waals surface area (Å²) in [6, 6.07) is 17.0. The second kappa shape index (κ2) is 8.62. The molecule has 2 amide bonds. The van der Waals surface area contributed by atoms with Gasteiger partial charge >= 0.3 is 6.09 Å². The highest BCUT2D eigenvalue weighted by molar-refractivity contribution is 6.14. The summed E-state index contributed by atoms with van der Waals surface area (Å²) in [7, 11) is 0. The summed E-state index contributed by atoms with van der Waals surface area (Å²) in [6.45, 7) is 6.83. The Morgan fingerprint density at radius 3 is 2.62 bits per heavy atom. The molecule has 4 aromatic rings. The third-order valence-corrected chi connectivity index (χ3v) is 5.93. The molecular weight excluding hydrogens is 430 g/mol. The van der Waals surface area contributed by atoms with Gasteiger partial charge in [0, 0.05) is 11.6 Å². The average Bonchev–Trinajstić information content (AvgIpc) is 3.45. The van der Waals surface area contributed by atoms with Crippen LogP contribution in [-0.2, 0) is 4.74 Å². The first-order chi connectivity index (χ1) is 16.4. The molecule has 0 radical (unpaired) electrons. The summed E-state index contributed by atoms with van der Waals surface area (Å²) >= 11 is 0. The number of aryl methyl sites for hydroxylation is 1. The summed E-state index contributed by atoms with van der Waals surface area (Å²) in [5.41, 5.74) is 4.97. The lowest BCUT2D eigenvalue weighted by Crippen LogP contribution is -2.25. The first-order valence-electron chi connectivity index (χ1n) is 11.2. The number of carbonyl (C=O) groups is 2. The number of rotatable bonds is 5. The van der Waals surface area contributed by atoms with Gasteiger partial charge in [-0.25, -0.2) is 14.5 Å². The van der Waals surface area contributed by atoms with E-state index in [-0.39, 0.29) is 11.9 Å². The first-order valence-corrected chi connectivity index (χ1v) is 11.2. The van der Waals surface area contributed by atoms with Gasteiger partial charge < -0.3 is 10.1 Å². The summed E-state index contributed by atoms with van der Waals surface area (Å²) < 4.78 is 6.90. The van der Waals surface area contributed by atoms with Gasteiger partial charge in [-0.1, -0.05) is 36.4 Å². The standard InChI is InChI=1S/C26H25N5O3/c1-16(2)31-24-20(15-27-31)19(14-22(28-24)18-9-5-4-8-17(18)3)25(32)29-21-10-6-7-11-23(21)30-12-13-34-26(30)33/h4-11,14-16H,12-13H2,1-3H3,(H,29,32). The summed E-state index contributed by atoms with van der Waals surface area (Å²) in [5, 5.41) is 8.16. The summed E-state index contributed by atoms with van der Waals surface area (Å²) in [4.78, 5) is 32.1. The van der Waals surface area contributed by atoms with Crippen molar-refractivity contribution in [3.8, 4) is 11.3 Å². The minimum atomic E-state index is -0.423. The first kappa shape index (κ1) is 21.6. The van der Waals surface area contributed by atoms with Crippen molar-refractivity contribution in [2.45, 2.75) is 26.8 Å². The number of amides is 2. The third kappa shape index (κ3) is 3.77. The minimum absolute atomic E-state index is 0.0786. The van der Waals surface area contributed by atoms with Crippen molar-refractivity contribution in [3.63, 3.8) is 0 Å². The van der Waals surface area contributed by atoms with Crippen LogP contribution in [0.2, 0.25) is 0 Å². The Morgan fingerprint density at radius 2 is 1.88 bits per heavy atom. The number of nitrogens with zero attached hydrogens (tertiary/aromatic N) is 4. The molecule has 1 saturated heterocycles. The predicted molar refractivity (Wildman–Crippen MR) is 131 cm³/mol. The SMILES string of the molecule is Cc1ccccc1-c1cc(C(=O)Nc2ccccc2N2CCOC2=O)c2cnn(C(C)C)c2n1. The monoisotopic (exact) mass is 455 g/mol. The average molecular weight is 456 g/mol. The lowest BCUT2D eigenvalue weighted by atomic mass is 10.0. The topological polar surface area (TPSA) is 89.4 Å². The molecule has 3 heterocycles. The molecule has 1 N–H and O–H groups in total. The van der Waals surface area contributed by atoms with E-state index in [1.165, 1.54) is 4.90 Å². The smallest absolute Gasteiger partial charge is 0.414 e. The van der Waals surface area contributed by atoms with Crippen LogP contribution < -0.4 is 10.2 Å². The van der Waals surface area contributed by atoms with Crippen LogP contribution in [0.5, 0.6) is 0 Å². The van der Waals surface area contributed by atoms with E-state index in [9.17, 15) is 9.59 Å². The number of hydrogen-bond acceptors (Lipinski definition) is 5. The molecule has 2 aromatic heterocycles. The lowest BCUT2D eigenvalue weighted by molar-refractivity contribution is 0.102. The molecule has 1 aliphatic rings. The zero-order valence-corrected chi connectivity index (χ0v) is 19.3. The number of aromatic nitrogens is 3. The van der Waals surface area contributed by atoms with Crippen LogP contribution in [0.1, 0.15) is 35.8 Å². The molecule has 2 aromatic carbocycles. The van der Waals surface area contributed by atoms with Gasteiger partial charge in [-0.2, -0.15) is 5.10 Å². The lowest BCUT2D eigenvalue weighted by Gasteiger charge is -2.18. The Kier molecular flexibility index (Phi) is 5.49. The van der Waals surface area contributed by atoms with Gasteiger partial charge in [0.15, 0.2) is 5.65 Å². The zero-order valence-electron chi connectivity index (χ0n) is 19.3. The quantitative estimate of drug-likeness (QED) is 0.447. The molecule has 0 atom stereocenters. The van der Waals surface area contributed by atoms with E-state index in [1.807, 2.05) is 61.9 Å². The third-order valence-electron chi connectivity index (χ3n) is 5.93. The number of carbonyl (C=O) groups excluding carboxylic acids is 2. The molecular formula is C26H25N5O3. The van der Waals surface area contributed by atoms with Crippen LogP contribution >= 0.6 is 0 Å². The molecule has 0 spiro atoms. The van der Waals surface area contributed by atoms with E-state index < -0.39 is 6.09 Å². The molecule has 172 valence electrons. The van der Waals surface area contributed by atoms with Gasteiger partial charge in [0.1, 0.15) is 6.61 Å². The van der Waals surface area contributed by atoms with Gasteiger partial charge in [0.25, 0.3) is 5.91 Å². The molecule has 0 aliphatic carbocycles. The second-order valence-electron chi connectivity index (χ2n) is 8.53. The zero-order chi connectivity index (χ0) is 23.8. The van der Waals surface area contributed by atoms with E-state index in [0.717, 1.165) is 11.1 Å². The van der Waals surface area contributed by atoms with Gasteiger partial charge in [0.2, 0.25) is 0 Å². The number of hydrogen-bond donors (Lipinski definition) is 1. The van der Waals surface area contributed by atoms with Crippen molar-refractivity contribution >= 4 is 34.4 Å². The highest BCUT2D eigenvalue weighted by Gasteiger charge is 2.27. The molecule has 8 heteroatoms. The molecule has 5 rings (SSSR count). The number of benzene rings is 2. The van der Waals surface area contributed by atoms with E-state index in [0.29, 0.717) is 46.8 Å². The number of ether oxygens (including phenoxy) is 1. The summed E-state index contributed by atoms with van der Waals surface area (Å²) in [6.07, 6.45) is 1.26. The Balaban J connectivity index is 1.61. The van der Waals surface area contributed by atoms with Crippen LogP contribution in [0.15, 0.2) is 60.8 Å². The van der Waals surface area contributed by atoms with Crippen molar-refractivity contribution in [1.82, 2.24) is 14.8 Å². The van der Waals surface area contributed by atoms with Crippen molar-refractivity contribution in [2.75, 3.05) is 23.4 Å². The van der Waals surface area contributed by atoms with E-state index in [2.05, 4.69) is 10.4 Å². The fourth-order valence-corrected chi connectivity index (χ4v) is 4.20. The molecule has 0 unspecified atom stereocenters. The number of pyridine rings is 1. The van der Waals surface area contributed by atoms with Gasteiger partial charge in [-0.05, 0) is 44.5 Å². The van der Waals surface area contributed by atoms with E-state index >= 15 is 0 Å².